The van der Waals surface area contributed by atoms with Crippen LogP contribution in [0.5, 0.6) is 11.5 Å². The van der Waals surface area contributed by atoms with Gasteiger partial charge in [0, 0.05) is 17.7 Å². The minimum atomic E-state index is 0.303. The van der Waals surface area contributed by atoms with E-state index in [0.717, 1.165) is 11.1 Å². The second-order valence-corrected chi connectivity index (χ2v) is 4.21. The summed E-state index contributed by atoms with van der Waals surface area (Å²) < 4.78 is 11.1. The van der Waals surface area contributed by atoms with Crippen LogP contribution in [0.4, 0.5) is 0 Å². The minimum absolute atomic E-state index is 0.303. The summed E-state index contributed by atoms with van der Waals surface area (Å²) in [6.45, 7) is 0.670. The SMILES string of the molecule is COc1cccc(CN)c1OCc1ccccc1C#N. The number of hydrogen-bond donors (Lipinski definition) is 1. The van der Waals surface area contributed by atoms with Gasteiger partial charge in [-0.05, 0) is 12.1 Å². The Morgan fingerprint density at radius 2 is 1.85 bits per heavy atom. The van der Waals surface area contributed by atoms with Gasteiger partial charge in [0.25, 0.3) is 0 Å². The molecule has 0 saturated carbocycles. The van der Waals surface area contributed by atoms with Gasteiger partial charge in [-0.25, -0.2) is 0 Å². The van der Waals surface area contributed by atoms with E-state index >= 15 is 0 Å². The lowest BCUT2D eigenvalue weighted by Crippen LogP contribution is -2.05. The summed E-state index contributed by atoms with van der Waals surface area (Å²) >= 11 is 0. The lowest BCUT2D eigenvalue weighted by atomic mass is 10.1. The molecule has 4 heteroatoms. The van der Waals surface area contributed by atoms with Crippen molar-refractivity contribution in [3.63, 3.8) is 0 Å². The molecule has 2 N–H and O–H groups in total. The third-order valence-electron chi connectivity index (χ3n) is 3.01. The van der Waals surface area contributed by atoms with Crippen molar-refractivity contribution in [2.24, 2.45) is 5.73 Å². The molecule has 0 bridgehead atoms. The molecular weight excluding hydrogens is 252 g/mol. The van der Waals surface area contributed by atoms with Crippen molar-refractivity contribution < 1.29 is 9.47 Å². The summed E-state index contributed by atoms with van der Waals surface area (Å²) in [7, 11) is 1.59. The molecule has 0 saturated heterocycles. The molecule has 0 fully saturated rings. The first kappa shape index (κ1) is 13.9. The first-order valence-electron chi connectivity index (χ1n) is 6.27. The summed E-state index contributed by atoms with van der Waals surface area (Å²) in [6.07, 6.45) is 0. The van der Waals surface area contributed by atoms with Crippen LogP contribution in [0.3, 0.4) is 0 Å². The molecule has 2 rings (SSSR count). The molecule has 2 aromatic carbocycles. The van der Waals surface area contributed by atoms with E-state index in [9.17, 15) is 0 Å². The Morgan fingerprint density at radius 3 is 2.55 bits per heavy atom. The molecule has 0 atom stereocenters. The normalized spacial score (nSPS) is 9.85. The predicted octanol–water partition coefficient (Wildman–Crippen LogP) is 2.60. The third-order valence-corrected chi connectivity index (χ3v) is 3.01. The van der Waals surface area contributed by atoms with Crippen LogP contribution in [-0.4, -0.2) is 7.11 Å². The molecule has 0 aliphatic heterocycles. The average molecular weight is 268 g/mol. The van der Waals surface area contributed by atoms with Crippen LogP contribution >= 0.6 is 0 Å². The number of benzene rings is 2. The molecule has 0 aliphatic rings. The number of para-hydroxylation sites is 1. The van der Waals surface area contributed by atoms with Crippen LogP contribution in [0, 0.1) is 11.3 Å². The Hall–Kier alpha value is -2.51. The zero-order valence-electron chi connectivity index (χ0n) is 11.3. The maximum atomic E-state index is 9.07. The summed E-state index contributed by atoms with van der Waals surface area (Å²) in [5, 5.41) is 9.07. The monoisotopic (exact) mass is 268 g/mol. The van der Waals surface area contributed by atoms with Gasteiger partial charge in [-0.2, -0.15) is 5.26 Å². The highest BCUT2D eigenvalue weighted by Crippen LogP contribution is 2.31. The van der Waals surface area contributed by atoms with Gasteiger partial charge in [0.2, 0.25) is 0 Å². The molecule has 0 aromatic heterocycles. The number of nitrogens with zero attached hydrogens (tertiary/aromatic N) is 1. The summed E-state index contributed by atoms with van der Waals surface area (Å²) in [5.74, 6) is 1.27. The van der Waals surface area contributed by atoms with E-state index in [2.05, 4.69) is 6.07 Å². The number of ether oxygens (including phenoxy) is 2. The van der Waals surface area contributed by atoms with E-state index in [4.69, 9.17) is 20.5 Å². The van der Waals surface area contributed by atoms with Crippen molar-refractivity contribution in [3.05, 3.63) is 59.2 Å². The highest BCUT2D eigenvalue weighted by atomic mass is 16.5. The number of nitriles is 1. The van der Waals surface area contributed by atoms with Crippen LogP contribution in [0.25, 0.3) is 0 Å². The molecular formula is C16H16N2O2. The van der Waals surface area contributed by atoms with Crippen LogP contribution in [0.2, 0.25) is 0 Å². The molecule has 0 spiro atoms. The van der Waals surface area contributed by atoms with Crippen LogP contribution < -0.4 is 15.2 Å². The van der Waals surface area contributed by atoms with Crippen molar-refractivity contribution in [3.8, 4) is 17.6 Å². The Kier molecular flexibility index (Phi) is 4.59. The second-order valence-electron chi connectivity index (χ2n) is 4.21. The molecule has 4 nitrogen and oxygen atoms in total. The van der Waals surface area contributed by atoms with Gasteiger partial charge in [0.05, 0.1) is 18.7 Å². The lowest BCUT2D eigenvalue weighted by molar-refractivity contribution is 0.281. The van der Waals surface area contributed by atoms with Gasteiger partial charge in [-0.3, -0.25) is 0 Å². The summed E-state index contributed by atoms with van der Waals surface area (Å²) in [5.41, 5.74) is 8.03. The molecule has 0 aliphatic carbocycles. The van der Waals surface area contributed by atoms with Crippen molar-refractivity contribution in [2.75, 3.05) is 7.11 Å². The first-order valence-corrected chi connectivity index (χ1v) is 6.27. The van der Waals surface area contributed by atoms with Gasteiger partial charge < -0.3 is 15.2 Å². The molecule has 0 radical (unpaired) electrons. The van der Waals surface area contributed by atoms with Gasteiger partial charge in [-0.1, -0.05) is 30.3 Å². The molecule has 102 valence electrons. The lowest BCUT2D eigenvalue weighted by Gasteiger charge is -2.14. The van der Waals surface area contributed by atoms with E-state index in [1.165, 1.54) is 0 Å². The number of nitrogens with two attached hydrogens (primary N) is 1. The quantitative estimate of drug-likeness (QED) is 0.905. The number of hydrogen-bond acceptors (Lipinski definition) is 4. The Labute approximate surface area is 118 Å². The topological polar surface area (TPSA) is 68.3 Å². The Morgan fingerprint density at radius 1 is 1.10 bits per heavy atom. The van der Waals surface area contributed by atoms with Crippen molar-refractivity contribution >= 4 is 0 Å². The fourth-order valence-electron chi connectivity index (χ4n) is 1.95. The molecule has 0 heterocycles. The Bertz CT molecular complexity index is 610. The predicted molar refractivity (Wildman–Crippen MR) is 76.4 cm³/mol. The van der Waals surface area contributed by atoms with Crippen molar-refractivity contribution in [1.82, 2.24) is 0 Å². The van der Waals surface area contributed by atoms with E-state index < -0.39 is 0 Å². The fraction of sp³-hybridized carbons (Fsp3) is 0.188. The van der Waals surface area contributed by atoms with Gasteiger partial charge >= 0.3 is 0 Å². The second kappa shape index (κ2) is 6.60. The van der Waals surface area contributed by atoms with Gasteiger partial charge in [-0.15, -0.1) is 0 Å². The molecule has 2 aromatic rings. The van der Waals surface area contributed by atoms with Crippen LogP contribution in [-0.2, 0) is 13.2 Å². The number of rotatable bonds is 5. The van der Waals surface area contributed by atoms with Crippen LogP contribution in [0.15, 0.2) is 42.5 Å². The third kappa shape index (κ3) is 2.90. The average Bonchev–Trinajstić information content (AvgIpc) is 2.52. The zero-order valence-corrected chi connectivity index (χ0v) is 11.3. The molecule has 20 heavy (non-hydrogen) atoms. The van der Waals surface area contributed by atoms with Crippen LogP contribution in [0.1, 0.15) is 16.7 Å². The van der Waals surface area contributed by atoms with Crippen molar-refractivity contribution in [2.45, 2.75) is 13.2 Å². The largest absolute Gasteiger partial charge is 0.493 e. The standard InChI is InChI=1S/C16H16N2O2/c1-19-15-8-4-7-13(10-18)16(15)20-11-14-6-3-2-5-12(14)9-17/h2-8H,10-11,18H2,1H3. The summed E-state index contributed by atoms with van der Waals surface area (Å²) in [6, 6.07) is 15.1. The summed E-state index contributed by atoms with van der Waals surface area (Å²) in [4.78, 5) is 0. The highest BCUT2D eigenvalue weighted by Gasteiger charge is 2.10. The Balaban J connectivity index is 2.25. The van der Waals surface area contributed by atoms with E-state index in [1.807, 2.05) is 36.4 Å². The van der Waals surface area contributed by atoms with Gasteiger partial charge in [0.15, 0.2) is 11.5 Å². The maximum absolute atomic E-state index is 9.07. The number of methoxy groups -OCH3 is 1. The van der Waals surface area contributed by atoms with E-state index in [0.29, 0.717) is 30.2 Å². The van der Waals surface area contributed by atoms with Gasteiger partial charge in [0.1, 0.15) is 6.61 Å². The fourth-order valence-corrected chi connectivity index (χ4v) is 1.95. The first-order chi connectivity index (χ1) is 9.80. The maximum Gasteiger partial charge on any atom is 0.166 e. The molecule has 0 amide bonds. The molecule has 0 unspecified atom stereocenters. The zero-order chi connectivity index (χ0) is 14.4. The van der Waals surface area contributed by atoms with Crippen molar-refractivity contribution in [1.29, 1.82) is 5.26 Å². The van der Waals surface area contributed by atoms with E-state index in [1.54, 1.807) is 13.2 Å². The van der Waals surface area contributed by atoms with E-state index in [-0.39, 0.29) is 0 Å². The highest BCUT2D eigenvalue weighted by molar-refractivity contribution is 5.47. The minimum Gasteiger partial charge on any atom is -0.493 e. The smallest absolute Gasteiger partial charge is 0.166 e.